The van der Waals surface area contributed by atoms with Crippen LogP contribution in [0.2, 0.25) is 0 Å². The van der Waals surface area contributed by atoms with Gasteiger partial charge in [-0.3, -0.25) is 0 Å². The molecule has 1 heterocycles. The fourth-order valence-electron chi connectivity index (χ4n) is 4.70. The van der Waals surface area contributed by atoms with Gasteiger partial charge in [-0.25, -0.2) is 0 Å². The summed E-state index contributed by atoms with van der Waals surface area (Å²) in [5, 5.41) is 13.3. The summed E-state index contributed by atoms with van der Waals surface area (Å²) in [6.45, 7) is 9.22. The summed E-state index contributed by atoms with van der Waals surface area (Å²) in [6, 6.07) is 9.24. The Balaban J connectivity index is 1.66. The number of piperidine rings is 1. The van der Waals surface area contributed by atoms with Crippen LogP contribution in [0.4, 0.5) is 0 Å². The monoisotopic (exact) mass is 395 g/mol. The van der Waals surface area contributed by atoms with E-state index in [0.29, 0.717) is 6.10 Å². The Morgan fingerprint density at radius 2 is 2.03 bits per heavy atom. The number of hydrogen-bond acceptors (Lipinski definition) is 4. The highest BCUT2D eigenvalue weighted by Gasteiger charge is 2.37. The number of likely N-dealkylation sites (tertiary alicyclic amines) is 1. The molecule has 1 aliphatic carbocycles. The maximum atomic E-state index is 10.1. The first-order valence-electron chi connectivity index (χ1n) is 11.4. The smallest absolute Gasteiger partial charge is 0.123 e. The maximum absolute atomic E-state index is 10.1. The van der Waals surface area contributed by atoms with E-state index in [4.69, 9.17) is 4.74 Å². The molecule has 1 N–H and O–H groups in total. The Bertz CT molecular complexity index is 722. The number of nitriles is 1. The zero-order valence-electron chi connectivity index (χ0n) is 18.3. The summed E-state index contributed by atoms with van der Waals surface area (Å²) in [5.41, 5.74) is 3.12. The fraction of sp³-hybridized carbons (Fsp3) is 0.640. The zero-order chi connectivity index (χ0) is 20.7. The average molecular weight is 396 g/mol. The van der Waals surface area contributed by atoms with Crippen LogP contribution in [0.5, 0.6) is 5.75 Å². The molecule has 0 unspecified atom stereocenters. The number of benzene rings is 1. The Kier molecular flexibility index (Phi) is 7.61. The molecule has 0 amide bonds. The van der Waals surface area contributed by atoms with E-state index in [1.54, 1.807) is 0 Å². The van der Waals surface area contributed by atoms with Crippen molar-refractivity contribution in [1.29, 1.82) is 5.26 Å². The van der Waals surface area contributed by atoms with Gasteiger partial charge in [0, 0.05) is 12.7 Å². The summed E-state index contributed by atoms with van der Waals surface area (Å²) in [5.74, 6) is 1.01. The lowest BCUT2D eigenvalue weighted by molar-refractivity contribution is 0.183. The standard InChI is InChI=1S/C25H37N3O/c1-4-21-11-12-22(18-24(21)29-23-9-5-6-10-23)25(19-26)13-16-28(17-14-25)15-7-8-20(2)27-3/h11-12,18,23,27H,2,4-10,13-17H2,1,3H3. The number of hydrogen-bond donors (Lipinski definition) is 1. The van der Waals surface area contributed by atoms with Crippen LogP contribution < -0.4 is 10.1 Å². The molecule has 4 heteroatoms. The van der Waals surface area contributed by atoms with Gasteiger partial charge in [0.25, 0.3) is 0 Å². The summed E-state index contributed by atoms with van der Waals surface area (Å²) in [4.78, 5) is 2.49. The molecule has 0 aromatic heterocycles. The molecule has 3 rings (SSSR count). The van der Waals surface area contributed by atoms with E-state index < -0.39 is 0 Å². The normalized spacial score (nSPS) is 19.6. The molecule has 1 aromatic rings. The van der Waals surface area contributed by atoms with Gasteiger partial charge in [-0.15, -0.1) is 0 Å². The Hall–Kier alpha value is -1.99. The highest BCUT2D eigenvalue weighted by molar-refractivity contribution is 5.44. The molecule has 2 aliphatic rings. The topological polar surface area (TPSA) is 48.3 Å². The predicted molar refractivity (Wildman–Crippen MR) is 119 cm³/mol. The van der Waals surface area contributed by atoms with Crippen LogP contribution in [-0.2, 0) is 11.8 Å². The Morgan fingerprint density at radius 3 is 2.66 bits per heavy atom. The summed E-state index contributed by atoms with van der Waals surface area (Å²) >= 11 is 0. The molecule has 0 spiro atoms. The van der Waals surface area contributed by atoms with Crippen molar-refractivity contribution in [3.63, 3.8) is 0 Å². The number of aryl methyl sites for hydroxylation is 1. The quantitative estimate of drug-likeness (QED) is 0.643. The molecule has 0 bridgehead atoms. The van der Waals surface area contributed by atoms with E-state index in [1.165, 1.54) is 18.4 Å². The van der Waals surface area contributed by atoms with Gasteiger partial charge in [0.1, 0.15) is 5.75 Å². The second-order valence-corrected chi connectivity index (χ2v) is 8.69. The zero-order valence-corrected chi connectivity index (χ0v) is 18.3. The van der Waals surface area contributed by atoms with Gasteiger partial charge in [0.15, 0.2) is 0 Å². The molecular formula is C25H37N3O. The van der Waals surface area contributed by atoms with Crippen LogP contribution in [-0.4, -0.2) is 37.7 Å². The highest BCUT2D eigenvalue weighted by atomic mass is 16.5. The van der Waals surface area contributed by atoms with Crippen molar-refractivity contribution in [2.24, 2.45) is 0 Å². The Morgan fingerprint density at radius 1 is 1.31 bits per heavy atom. The van der Waals surface area contributed by atoms with Crippen molar-refractivity contribution in [3.05, 3.63) is 41.6 Å². The van der Waals surface area contributed by atoms with Crippen LogP contribution >= 0.6 is 0 Å². The molecule has 0 radical (unpaired) electrons. The third-order valence-corrected chi connectivity index (χ3v) is 6.83. The lowest BCUT2D eigenvalue weighted by Crippen LogP contribution is -2.42. The predicted octanol–water partition coefficient (Wildman–Crippen LogP) is 4.94. The number of nitrogens with zero attached hydrogens (tertiary/aromatic N) is 2. The summed E-state index contributed by atoms with van der Waals surface area (Å²) in [7, 11) is 1.93. The van der Waals surface area contributed by atoms with Crippen molar-refractivity contribution in [3.8, 4) is 11.8 Å². The van der Waals surface area contributed by atoms with E-state index >= 15 is 0 Å². The Labute approximate surface area is 176 Å². The van der Waals surface area contributed by atoms with Gasteiger partial charge >= 0.3 is 0 Å². The third-order valence-electron chi connectivity index (χ3n) is 6.83. The van der Waals surface area contributed by atoms with Gasteiger partial charge in [0.05, 0.1) is 17.6 Å². The lowest BCUT2D eigenvalue weighted by Gasteiger charge is -2.38. The minimum Gasteiger partial charge on any atom is -0.490 e. The van der Waals surface area contributed by atoms with Gasteiger partial charge in [-0.1, -0.05) is 25.6 Å². The largest absolute Gasteiger partial charge is 0.490 e. The molecule has 29 heavy (non-hydrogen) atoms. The van der Waals surface area contributed by atoms with E-state index in [1.807, 2.05) is 7.05 Å². The average Bonchev–Trinajstić information content (AvgIpc) is 3.27. The van der Waals surface area contributed by atoms with Crippen molar-refractivity contribution < 1.29 is 4.74 Å². The van der Waals surface area contributed by atoms with Crippen LogP contribution in [0.3, 0.4) is 0 Å². The molecule has 1 aromatic carbocycles. The van der Waals surface area contributed by atoms with Gasteiger partial charge < -0.3 is 15.0 Å². The minimum absolute atomic E-state index is 0.350. The second-order valence-electron chi connectivity index (χ2n) is 8.69. The van der Waals surface area contributed by atoms with Gasteiger partial charge in [-0.05, 0) is 94.6 Å². The number of ether oxygens (including phenoxy) is 1. The maximum Gasteiger partial charge on any atom is 0.123 e. The third kappa shape index (κ3) is 5.34. The van der Waals surface area contributed by atoms with Crippen LogP contribution in [0, 0.1) is 11.3 Å². The first-order valence-corrected chi connectivity index (χ1v) is 11.4. The molecule has 4 nitrogen and oxygen atoms in total. The van der Waals surface area contributed by atoms with E-state index in [0.717, 1.165) is 81.6 Å². The summed E-state index contributed by atoms with van der Waals surface area (Å²) in [6.07, 6.45) is 10.1. The SMILES string of the molecule is C=C(CCCN1CCC(C#N)(c2ccc(CC)c(OC3CCCC3)c2)CC1)NC. The highest BCUT2D eigenvalue weighted by Crippen LogP contribution is 2.38. The van der Waals surface area contributed by atoms with Crippen LogP contribution in [0.15, 0.2) is 30.5 Å². The molecular weight excluding hydrogens is 358 g/mol. The first kappa shape index (κ1) is 21.7. The first-order chi connectivity index (χ1) is 14.1. The van der Waals surface area contributed by atoms with Crippen molar-refractivity contribution >= 4 is 0 Å². The molecule has 158 valence electrons. The van der Waals surface area contributed by atoms with E-state index in [-0.39, 0.29) is 5.41 Å². The fourth-order valence-corrected chi connectivity index (χ4v) is 4.70. The summed E-state index contributed by atoms with van der Waals surface area (Å²) < 4.78 is 6.39. The molecule has 1 aliphatic heterocycles. The van der Waals surface area contributed by atoms with E-state index in [2.05, 4.69) is 48.0 Å². The van der Waals surface area contributed by atoms with E-state index in [9.17, 15) is 5.26 Å². The van der Waals surface area contributed by atoms with Crippen molar-refractivity contribution in [2.75, 3.05) is 26.7 Å². The second kappa shape index (κ2) is 10.2. The number of nitrogens with one attached hydrogen (secondary N) is 1. The van der Waals surface area contributed by atoms with Crippen molar-refractivity contribution in [1.82, 2.24) is 10.2 Å². The molecule has 2 fully saturated rings. The minimum atomic E-state index is -0.384. The van der Waals surface area contributed by atoms with Gasteiger partial charge in [0.2, 0.25) is 0 Å². The lowest BCUT2D eigenvalue weighted by atomic mass is 9.73. The molecule has 1 saturated carbocycles. The van der Waals surface area contributed by atoms with Gasteiger partial charge in [-0.2, -0.15) is 5.26 Å². The molecule has 0 atom stereocenters. The van der Waals surface area contributed by atoms with Crippen molar-refractivity contribution in [2.45, 2.75) is 76.2 Å². The molecule has 1 saturated heterocycles. The van der Waals surface area contributed by atoms with Crippen LogP contribution in [0.25, 0.3) is 0 Å². The van der Waals surface area contributed by atoms with Crippen LogP contribution in [0.1, 0.15) is 69.4 Å². The number of allylic oxidation sites excluding steroid dienone is 1. The number of rotatable bonds is 9.